The molecule has 0 spiro atoms. The smallest absolute Gasteiger partial charge is 0.264 e. The number of aryl methyl sites for hydroxylation is 3. The number of benzene rings is 4. The van der Waals surface area contributed by atoms with E-state index in [0.717, 1.165) is 59.9 Å². The number of nitrogens with zero attached hydrogens (tertiary/aromatic N) is 2. The third-order valence-corrected chi connectivity index (χ3v) is 10.7. The number of anilines is 1. The molecule has 5 rings (SSSR count). The fourth-order valence-electron chi connectivity index (χ4n) is 6.42. The Labute approximate surface area is 279 Å². The monoisotopic (exact) mass is 651 g/mol. The molecule has 1 aliphatic rings. The Balaban J connectivity index is 1.58. The Morgan fingerprint density at radius 3 is 2.06 bits per heavy atom. The number of hydrogen-bond donors (Lipinski definition) is 1. The minimum Gasteiger partial charge on any atom is -0.352 e. The van der Waals surface area contributed by atoms with Gasteiger partial charge in [-0.15, -0.1) is 0 Å². The molecule has 0 bridgehead atoms. The molecule has 7 nitrogen and oxygen atoms in total. The molecule has 0 radical (unpaired) electrons. The quantitative estimate of drug-likeness (QED) is 0.181. The zero-order valence-electron chi connectivity index (χ0n) is 27.6. The van der Waals surface area contributed by atoms with Crippen molar-refractivity contribution < 1.29 is 18.0 Å². The van der Waals surface area contributed by atoms with E-state index in [-0.39, 0.29) is 23.4 Å². The van der Waals surface area contributed by atoms with E-state index in [1.165, 1.54) is 16.4 Å². The molecule has 1 N–H and O–H groups in total. The highest BCUT2D eigenvalue weighted by atomic mass is 32.2. The minimum absolute atomic E-state index is 0.0515. The lowest BCUT2D eigenvalue weighted by Gasteiger charge is -2.35. The highest BCUT2D eigenvalue weighted by Crippen LogP contribution is 2.29. The summed E-state index contributed by atoms with van der Waals surface area (Å²) in [6.07, 6.45) is 5.38. The molecule has 4 aromatic rings. The minimum atomic E-state index is -4.14. The normalized spacial score (nSPS) is 14.3. The topological polar surface area (TPSA) is 86.8 Å². The molecule has 1 aliphatic carbocycles. The van der Waals surface area contributed by atoms with Gasteiger partial charge in [0.2, 0.25) is 11.8 Å². The van der Waals surface area contributed by atoms with Crippen LogP contribution in [0.2, 0.25) is 0 Å². The van der Waals surface area contributed by atoms with Gasteiger partial charge in [0.05, 0.1) is 10.6 Å². The van der Waals surface area contributed by atoms with Crippen LogP contribution in [0.25, 0.3) is 0 Å². The van der Waals surface area contributed by atoms with Crippen molar-refractivity contribution in [3.8, 4) is 0 Å². The van der Waals surface area contributed by atoms with Crippen LogP contribution in [0.4, 0.5) is 5.69 Å². The summed E-state index contributed by atoms with van der Waals surface area (Å²) in [6, 6.07) is 30.4. The summed E-state index contributed by atoms with van der Waals surface area (Å²) in [7, 11) is -4.14. The van der Waals surface area contributed by atoms with Crippen LogP contribution >= 0.6 is 0 Å². The van der Waals surface area contributed by atoms with Crippen LogP contribution < -0.4 is 9.62 Å². The lowest BCUT2D eigenvalue weighted by Crippen LogP contribution is -2.55. The van der Waals surface area contributed by atoms with Crippen molar-refractivity contribution in [2.75, 3.05) is 10.8 Å². The molecule has 2 amide bonds. The first-order valence-corrected chi connectivity index (χ1v) is 17.9. The number of carbonyl (C=O) groups excluding carboxylic acids is 2. The maximum Gasteiger partial charge on any atom is 0.264 e. The third-order valence-electron chi connectivity index (χ3n) is 8.89. The van der Waals surface area contributed by atoms with E-state index in [0.29, 0.717) is 12.1 Å². The van der Waals surface area contributed by atoms with Crippen LogP contribution in [0.1, 0.15) is 59.9 Å². The lowest BCUT2D eigenvalue weighted by atomic mass is 9.94. The van der Waals surface area contributed by atoms with Crippen LogP contribution in [-0.4, -0.2) is 43.8 Å². The molecule has 1 unspecified atom stereocenters. The van der Waals surface area contributed by atoms with Gasteiger partial charge >= 0.3 is 0 Å². The molecule has 0 saturated heterocycles. The Kier molecular flexibility index (Phi) is 11.1. The Hall–Kier alpha value is -4.43. The maximum atomic E-state index is 14.7. The van der Waals surface area contributed by atoms with E-state index in [1.807, 2.05) is 87.5 Å². The van der Waals surface area contributed by atoms with Crippen LogP contribution in [0.3, 0.4) is 0 Å². The van der Waals surface area contributed by atoms with Crippen LogP contribution in [0, 0.1) is 20.8 Å². The zero-order valence-corrected chi connectivity index (χ0v) is 28.4. The lowest BCUT2D eigenvalue weighted by molar-refractivity contribution is -0.140. The predicted molar refractivity (Wildman–Crippen MR) is 188 cm³/mol. The van der Waals surface area contributed by atoms with Crippen molar-refractivity contribution in [1.82, 2.24) is 10.2 Å². The van der Waals surface area contributed by atoms with Crippen LogP contribution in [0.15, 0.2) is 108 Å². The number of nitrogens with one attached hydrogen (secondary N) is 1. The Bertz CT molecular complexity index is 1770. The summed E-state index contributed by atoms with van der Waals surface area (Å²) in [5, 5.41) is 3.26. The summed E-state index contributed by atoms with van der Waals surface area (Å²) in [5.74, 6) is -0.670. The molecule has 246 valence electrons. The summed E-state index contributed by atoms with van der Waals surface area (Å²) in [5.41, 5.74) is 4.96. The molecule has 0 aromatic heterocycles. The average molecular weight is 652 g/mol. The number of sulfonamides is 1. The van der Waals surface area contributed by atoms with Crippen molar-refractivity contribution in [1.29, 1.82) is 0 Å². The first kappa shape index (κ1) is 33.9. The van der Waals surface area contributed by atoms with Crippen molar-refractivity contribution in [3.05, 3.63) is 131 Å². The first-order valence-electron chi connectivity index (χ1n) is 16.5. The van der Waals surface area contributed by atoms with E-state index < -0.39 is 28.5 Å². The molecule has 1 atom stereocenters. The standard InChI is InChI=1S/C39H45N3O4S/c1-29-14-13-17-33(25-29)27-41(37(26-32-15-7-4-8-16-32)39(44)40-34-18-9-5-10-19-34)38(43)28-42(36-23-22-30(2)24-31(36)3)47(45,46)35-20-11-6-12-21-35/h4,6-8,11-17,20-25,34,37H,5,9-10,18-19,26-28H2,1-3H3,(H,40,44). The van der Waals surface area contributed by atoms with Gasteiger partial charge in [0.15, 0.2) is 0 Å². The van der Waals surface area contributed by atoms with Gasteiger partial charge in [-0.2, -0.15) is 0 Å². The van der Waals surface area contributed by atoms with Crippen molar-refractivity contribution >= 4 is 27.5 Å². The molecular weight excluding hydrogens is 607 g/mol. The van der Waals surface area contributed by atoms with E-state index in [2.05, 4.69) is 5.32 Å². The van der Waals surface area contributed by atoms with Crippen molar-refractivity contribution in [3.63, 3.8) is 0 Å². The molecule has 8 heteroatoms. The number of carbonyl (C=O) groups is 2. The molecule has 1 fully saturated rings. The second kappa shape index (κ2) is 15.4. The van der Waals surface area contributed by atoms with Gasteiger partial charge in [0.25, 0.3) is 10.0 Å². The largest absolute Gasteiger partial charge is 0.352 e. The van der Waals surface area contributed by atoms with Gasteiger partial charge in [0, 0.05) is 19.0 Å². The fourth-order valence-corrected chi connectivity index (χ4v) is 7.92. The van der Waals surface area contributed by atoms with Crippen molar-refractivity contribution in [2.45, 2.75) is 82.8 Å². The second-order valence-corrected chi connectivity index (χ2v) is 14.5. The zero-order chi connectivity index (χ0) is 33.4. The summed E-state index contributed by atoms with van der Waals surface area (Å²) in [4.78, 5) is 30.7. The van der Waals surface area contributed by atoms with Gasteiger partial charge in [-0.05, 0) is 68.5 Å². The van der Waals surface area contributed by atoms with E-state index in [4.69, 9.17) is 0 Å². The summed E-state index contributed by atoms with van der Waals surface area (Å²) >= 11 is 0. The van der Waals surface area contributed by atoms with Crippen LogP contribution in [-0.2, 0) is 32.6 Å². The second-order valence-electron chi connectivity index (χ2n) is 12.7. The van der Waals surface area contributed by atoms with Gasteiger partial charge in [-0.3, -0.25) is 13.9 Å². The fraction of sp³-hybridized carbons (Fsp3) is 0.333. The summed E-state index contributed by atoms with van der Waals surface area (Å²) < 4.78 is 29.7. The number of rotatable bonds is 12. The molecule has 4 aromatic carbocycles. The third kappa shape index (κ3) is 8.69. The Morgan fingerprint density at radius 1 is 0.766 bits per heavy atom. The van der Waals surface area contributed by atoms with Gasteiger partial charge in [-0.25, -0.2) is 8.42 Å². The van der Waals surface area contributed by atoms with Gasteiger partial charge < -0.3 is 10.2 Å². The predicted octanol–water partition coefficient (Wildman–Crippen LogP) is 6.90. The van der Waals surface area contributed by atoms with E-state index in [1.54, 1.807) is 29.2 Å². The average Bonchev–Trinajstić information content (AvgIpc) is 3.07. The van der Waals surface area contributed by atoms with Crippen LogP contribution in [0.5, 0.6) is 0 Å². The van der Waals surface area contributed by atoms with E-state index in [9.17, 15) is 18.0 Å². The first-order chi connectivity index (χ1) is 22.6. The number of amides is 2. The molecular formula is C39H45N3O4S. The highest BCUT2D eigenvalue weighted by molar-refractivity contribution is 7.92. The summed E-state index contributed by atoms with van der Waals surface area (Å²) in [6.45, 7) is 5.47. The van der Waals surface area contributed by atoms with Gasteiger partial charge in [-0.1, -0.05) is 115 Å². The maximum absolute atomic E-state index is 14.7. The van der Waals surface area contributed by atoms with Gasteiger partial charge in [0.1, 0.15) is 12.6 Å². The SMILES string of the molecule is Cc1cccc(CN(C(=O)CN(c2ccc(C)cc2C)S(=O)(=O)c2ccccc2)C(Cc2ccccc2)C(=O)NC2CCCCC2)c1. The molecule has 0 aliphatic heterocycles. The van der Waals surface area contributed by atoms with Crippen molar-refractivity contribution in [2.24, 2.45) is 0 Å². The number of hydrogen-bond acceptors (Lipinski definition) is 4. The molecule has 1 saturated carbocycles. The highest BCUT2D eigenvalue weighted by Gasteiger charge is 2.35. The molecule has 0 heterocycles. The molecule has 47 heavy (non-hydrogen) atoms. The van der Waals surface area contributed by atoms with E-state index >= 15 is 0 Å². The Morgan fingerprint density at radius 2 is 1.40 bits per heavy atom.